The summed E-state index contributed by atoms with van der Waals surface area (Å²) in [6.45, 7) is 15.9. The molecule has 6 heteroatoms. The number of phenolic OH excluding ortho intramolecular Hbond substituents is 1. The summed E-state index contributed by atoms with van der Waals surface area (Å²) < 4.78 is 6.17. The van der Waals surface area contributed by atoms with Crippen molar-refractivity contribution in [2.45, 2.75) is 118 Å². The number of esters is 1. The normalized spacial score (nSPS) is 45.3. The Balaban J connectivity index is 1.28. The van der Waals surface area contributed by atoms with E-state index in [0.717, 1.165) is 50.5 Å². The molecule has 45 heavy (non-hydrogen) atoms. The topological polar surface area (TPSA) is 104 Å². The van der Waals surface area contributed by atoms with Gasteiger partial charge in [-0.25, -0.2) is 4.79 Å². The van der Waals surface area contributed by atoms with E-state index in [2.05, 4.69) is 47.6 Å². The van der Waals surface area contributed by atoms with Crippen LogP contribution in [-0.2, 0) is 14.3 Å². The first-order chi connectivity index (χ1) is 20.9. The van der Waals surface area contributed by atoms with Gasteiger partial charge in [0, 0.05) is 17.4 Å². The molecule has 0 bridgehead atoms. The molecule has 5 aliphatic carbocycles. The highest BCUT2D eigenvalue weighted by Gasteiger charge is 2.71. The lowest BCUT2D eigenvalue weighted by Gasteiger charge is -2.71. The molecular formula is C39H54O6. The van der Waals surface area contributed by atoms with Crippen LogP contribution < -0.4 is 0 Å². The number of aliphatic carboxylic acids is 1. The molecule has 1 aromatic rings. The van der Waals surface area contributed by atoms with Crippen molar-refractivity contribution >= 4 is 18.0 Å². The minimum Gasteiger partial charge on any atom is -0.508 e. The summed E-state index contributed by atoms with van der Waals surface area (Å²) in [6, 6.07) is 6.74. The van der Waals surface area contributed by atoms with E-state index in [-0.39, 0.29) is 51.3 Å². The molecule has 0 spiro atoms. The van der Waals surface area contributed by atoms with Crippen molar-refractivity contribution in [2.24, 2.45) is 50.7 Å². The summed E-state index contributed by atoms with van der Waals surface area (Å²) in [5.41, 5.74) is -0.253. The number of hydrogen-bond donors (Lipinski definition) is 3. The van der Waals surface area contributed by atoms with Crippen LogP contribution in [-0.4, -0.2) is 39.0 Å². The van der Waals surface area contributed by atoms with Gasteiger partial charge in [-0.2, -0.15) is 0 Å². The lowest BCUT2D eigenvalue weighted by atomic mass is 9.33. The van der Waals surface area contributed by atoms with Gasteiger partial charge in [-0.3, -0.25) is 4.79 Å². The predicted octanol–water partition coefficient (Wildman–Crippen LogP) is 8.17. The van der Waals surface area contributed by atoms with Crippen LogP contribution in [0.15, 0.2) is 42.0 Å². The monoisotopic (exact) mass is 618 g/mol. The Morgan fingerprint density at radius 1 is 0.889 bits per heavy atom. The molecule has 6 nitrogen and oxygen atoms in total. The summed E-state index contributed by atoms with van der Waals surface area (Å²) >= 11 is 0. The van der Waals surface area contributed by atoms with E-state index in [4.69, 9.17) is 4.74 Å². The number of allylic oxidation sites excluding steroid dienone is 1. The lowest BCUT2D eigenvalue weighted by molar-refractivity contribution is -0.221. The predicted molar refractivity (Wildman–Crippen MR) is 175 cm³/mol. The van der Waals surface area contributed by atoms with E-state index in [1.807, 2.05) is 6.92 Å². The third-order valence-corrected chi connectivity index (χ3v) is 15.0. The second-order valence-electron chi connectivity index (χ2n) is 17.1. The second-order valence-corrected chi connectivity index (χ2v) is 17.1. The van der Waals surface area contributed by atoms with Gasteiger partial charge in [0.2, 0.25) is 0 Å². The van der Waals surface area contributed by atoms with E-state index >= 15 is 0 Å². The number of carbonyl (C=O) groups is 2. The Morgan fingerprint density at radius 2 is 1.58 bits per heavy atom. The maximum Gasteiger partial charge on any atom is 0.331 e. The number of fused-ring (bicyclic) bond motifs is 7. The van der Waals surface area contributed by atoms with Gasteiger partial charge in [-0.05, 0) is 122 Å². The number of aliphatic hydroxyl groups is 1. The lowest BCUT2D eigenvalue weighted by Crippen LogP contribution is -2.67. The minimum atomic E-state index is -1.06. The number of rotatable bonds is 4. The van der Waals surface area contributed by atoms with Crippen LogP contribution in [0.25, 0.3) is 6.08 Å². The third kappa shape index (κ3) is 4.51. The molecular weight excluding hydrogens is 564 g/mol. The van der Waals surface area contributed by atoms with E-state index < -0.39 is 17.0 Å². The molecule has 0 unspecified atom stereocenters. The zero-order chi connectivity index (χ0) is 32.8. The molecule has 0 aliphatic heterocycles. The van der Waals surface area contributed by atoms with Crippen LogP contribution >= 0.6 is 0 Å². The number of benzene rings is 1. The molecule has 6 rings (SSSR count). The molecule has 3 N–H and O–H groups in total. The first-order valence-corrected chi connectivity index (χ1v) is 17.3. The first-order valence-electron chi connectivity index (χ1n) is 17.3. The number of phenols is 1. The smallest absolute Gasteiger partial charge is 0.331 e. The standard InChI is InChI=1S/C39H54O6/c1-24-16-21-39(33(42)43)23-22-36(5)27(32(39)38(24,7)44)13-14-29-35(4)19-18-30(34(2,3)28(35)17-20-37(29,36)6)45-31(41)15-10-25-8-11-26(40)12-9-25/h8-13,15,24,28-30,32,40,44H,14,16-23H2,1-7H3,(H,42,43)/b15-10+/t24-,28+,29-,30+,32-,35+,36-,37-,38-,39+/m1/s1. The van der Waals surface area contributed by atoms with Gasteiger partial charge < -0.3 is 20.1 Å². The number of carboxylic acid groups (broad SMARTS) is 1. The third-order valence-electron chi connectivity index (χ3n) is 15.0. The van der Waals surface area contributed by atoms with Crippen LogP contribution in [0.1, 0.15) is 112 Å². The summed E-state index contributed by atoms with van der Waals surface area (Å²) in [6.07, 6.45) is 13.1. The van der Waals surface area contributed by atoms with Crippen molar-refractivity contribution in [2.75, 3.05) is 0 Å². The Hall–Kier alpha value is -2.60. The molecule has 4 fully saturated rings. The highest BCUT2D eigenvalue weighted by atomic mass is 16.5. The van der Waals surface area contributed by atoms with Crippen LogP contribution in [0.4, 0.5) is 0 Å². The first kappa shape index (κ1) is 32.3. The highest BCUT2D eigenvalue weighted by molar-refractivity contribution is 5.87. The second kappa shape index (κ2) is 10.5. The highest BCUT2D eigenvalue weighted by Crippen LogP contribution is 2.76. The quantitative estimate of drug-likeness (QED) is 0.179. The van der Waals surface area contributed by atoms with E-state index in [9.17, 15) is 24.9 Å². The number of ether oxygens (including phenoxy) is 1. The zero-order valence-electron chi connectivity index (χ0n) is 28.4. The van der Waals surface area contributed by atoms with Crippen molar-refractivity contribution in [1.82, 2.24) is 0 Å². The molecule has 0 saturated heterocycles. The Morgan fingerprint density at radius 3 is 2.24 bits per heavy atom. The van der Waals surface area contributed by atoms with Gasteiger partial charge in [0.25, 0.3) is 0 Å². The number of hydrogen-bond acceptors (Lipinski definition) is 5. The minimum absolute atomic E-state index is 0.0176. The summed E-state index contributed by atoms with van der Waals surface area (Å²) in [5, 5.41) is 32.3. The van der Waals surface area contributed by atoms with Crippen molar-refractivity contribution in [3.05, 3.63) is 47.6 Å². The summed E-state index contributed by atoms with van der Waals surface area (Å²) in [5.74, 6) is -0.392. The fourth-order valence-corrected chi connectivity index (χ4v) is 12.0. The number of aromatic hydroxyl groups is 1. The average Bonchev–Trinajstić information content (AvgIpc) is 2.96. The van der Waals surface area contributed by atoms with Crippen molar-refractivity contribution in [3.8, 4) is 5.75 Å². The largest absolute Gasteiger partial charge is 0.508 e. The Kier molecular flexibility index (Phi) is 7.51. The summed E-state index contributed by atoms with van der Waals surface area (Å²) in [4.78, 5) is 26.0. The Labute approximate surface area is 269 Å². The molecule has 0 radical (unpaired) electrons. The van der Waals surface area contributed by atoms with Crippen LogP contribution in [0.3, 0.4) is 0 Å². The van der Waals surface area contributed by atoms with Gasteiger partial charge >= 0.3 is 11.9 Å². The van der Waals surface area contributed by atoms with Gasteiger partial charge in [0.05, 0.1) is 11.0 Å². The van der Waals surface area contributed by atoms with Gasteiger partial charge in [0.1, 0.15) is 11.9 Å². The summed E-state index contributed by atoms with van der Waals surface area (Å²) in [7, 11) is 0. The Bertz CT molecular complexity index is 1420. The number of carbonyl (C=O) groups excluding carboxylic acids is 1. The fraction of sp³-hybridized carbons (Fsp3) is 0.692. The van der Waals surface area contributed by atoms with Crippen molar-refractivity contribution < 1.29 is 29.6 Å². The van der Waals surface area contributed by atoms with Gasteiger partial charge in [0.15, 0.2) is 0 Å². The molecule has 10 atom stereocenters. The van der Waals surface area contributed by atoms with Gasteiger partial charge in [-0.15, -0.1) is 0 Å². The average molecular weight is 619 g/mol. The van der Waals surface area contributed by atoms with Crippen LogP contribution in [0, 0.1) is 50.7 Å². The van der Waals surface area contributed by atoms with Crippen molar-refractivity contribution in [1.29, 1.82) is 0 Å². The number of carboxylic acids is 1. The van der Waals surface area contributed by atoms with Crippen molar-refractivity contribution in [3.63, 3.8) is 0 Å². The fourth-order valence-electron chi connectivity index (χ4n) is 12.0. The zero-order valence-corrected chi connectivity index (χ0v) is 28.4. The van der Waals surface area contributed by atoms with E-state index in [0.29, 0.717) is 24.7 Å². The van der Waals surface area contributed by atoms with Gasteiger partial charge in [-0.1, -0.05) is 65.3 Å². The van der Waals surface area contributed by atoms with Crippen LogP contribution in [0.5, 0.6) is 5.75 Å². The molecule has 1 aromatic carbocycles. The van der Waals surface area contributed by atoms with Crippen LogP contribution in [0.2, 0.25) is 0 Å². The maximum absolute atomic E-state index is 13.0. The molecule has 246 valence electrons. The molecule has 4 saturated carbocycles. The molecule has 5 aliphatic rings. The van der Waals surface area contributed by atoms with E-state index in [1.54, 1.807) is 30.3 Å². The maximum atomic E-state index is 13.0. The molecule has 0 amide bonds. The molecule has 0 aromatic heterocycles. The SMILES string of the molecule is C[C@@H]1CC[C@]2(C(=O)O)CC[C@]3(C)C(=CC[C@@H]4[C@@]5(C)CC[C@H](OC(=O)/C=C/c6ccc(O)cc6)C(C)(C)[C@@H]5CC[C@]43C)[C@@H]2[C@]1(C)O. The van der Waals surface area contributed by atoms with E-state index in [1.165, 1.54) is 11.6 Å². The molecule has 0 heterocycles.